The maximum absolute atomic E-state index is 14.3. The van der Waals surface area contributed by atoms with Gasteiger partial charge in [-0.25, -0.2) is 29.5 Å². The number of aryl methyl sites for hydroxylation is 2. The first-order valence-electron chi connectivity index (χ1n) is 21.3. The second kappa shape index (κ2) is 26.4. The second-order valence-electron chi connectivity index (χ2n) is 16.4. The van der Waals surface area contributed by atoms with Crippen LogP contribution in [-0.2, 0) is 48.1 Å². The molecule has 0 unspecified atom stereocenters. The van der Waals surface area contributed by atoms with E-state index >= 15 is 0 Å². The number of nitrogens with two attached hydrogens (primary N) is 1. The number of nitrogens with one attached hydrogen (secondary N) is 6. The second-order valence-corrected chi connectivity index (χ2v) is 16.4. The normalized spacial score (nSPS) is 13.1. The minimum Gasteiger partial charge on any atom is -0.508 e. The number of phenols is 1. The molecular weight excluding hydrogens is 859 g/mol. The molecule has 358 valence electrons. The number of aromatic hydroxyl groups is 1. The van der Waals surface area contributed by atoms with Crippen LogP contribution in [0, 0.1) is 24.0 Å². The highest BCUT2D eigenvalue weighted by molar-refractivity contribution is 5.95. The molecule has 10 N–H and O–H groups in total. The summed E-state index contributed by atoms with van der Waals surface area (Å²) in [5.41, 5.74) is 9.62. The Labute approximate surface area is 382 Å². The van der Waals surface area contributed by atoms with Crippen molar-refractivity contribution in [2.45, 2.75) is 116 Å². The summed E-state index contributed by atoms with van der Waals surface area (Å²) in [5.74, 6) is -4.35. The van der Waals surface area contributed by atoms with E-state index in [-0.39, 0.29) is 64.0 Å². The summed E-state index contributed by atoms with van der Waals surface area (Å²) in [4.78, 5) is 94.7. The summed E-state index contributed by atoms with van der Waals surface area (Å²) in [7, 11) is 0. The number of carbonyl (C=O) groups excluding carboxylic acids is 5. The van der Waals surface area contributed by atoms with Crippen LogP contribution in [0.5, 0.6) is 5.75 Å². The van der Waals surface area contributed by atoms with Gasteiger partial charge >= 0.3 is 18.2 Å². The molecule has 0 aliphatic heterocycles. The molecule has 0 aliphatic carbocycles. The lowest BCUT2D eigenvalue weighted by Crippen LogP contribution is -2.58. The summed E-state index contributed by atoms with van der Waals surface area (Å²) in [6.45, 7) is 8.49. The Morgan fingerprint density at radius 3 is 1.85 bits per heavy atom. The highest BCUT2D eigenvalue weighted by atomic mass is 16.7. The predicted octanol–water partition coefficient (Wildman–Crippen LogP) is 3.20. The van der Waals surface area contributed by atoms with E-state index in [4.69, 9.17) is 15.2 Å². The minimum absolute atomic E-state index is 0.00156. The van der Waals surface area contributed by atoms with Crippen molar-refractivity contribution >= 4 is 41.8 Å². The standard InChI is InChI=1S/C45H61N9O12/c1-28-23-32(55)24-29(2)33(28)26-37(52-44(62)66-45(3,4)5)40(58)49-34(20-14-22-47-42(46)53-54(63)64)38(56)51-36(25-30-15-8-6-9-16-30)39(57)50-35(41(59)60)19-12-13-21-48-43(61)65-27-31-17-10-7-11-18-31/h6-11,15-18,23-24,34-37,55H,12-14,19-22,25-27H2,1-5H3,(H,48,61)(H,49,58)(H,50,57)(H,51,56)(H,52,62)(H,59,60)(H3,46,47,53)/t34-,35+,36+,37+/m1/s1. The van der Waals surface area contributed by atoms with Gasteiger partial charge in [0.15, 0.2) is 5.03 Å². The molecule has 0 fully saturated rings. The van der Waals surface area contributed by atoms with Gasteiger partial charge in [-0.05, 0) is 107 Å². The fourth-order valence-corrected chi connectivity index (χ4v) is 6.62. The smallest absolute Gasteiger partial charge is 0.408 e. The number of nitrogens with zero attached hydrogens (tertiary/aromatic N) is 2. The summed E-state index contributed by atoms with van der Waals surface area (Å²) in [6, 6.07) is 15.2. The molecule has 3 aromatic carbocycles. The molecule has 4 atom stereocenters. The van der Waals surface area contributed by atoms with Crippen LogP contribution in [0.25, 0.3) is 0 Å². The lowest BCUT2D eigenvalue weighted by atomic mass is 9.95. The average Bonchev–Trinajstić information content (AvgIpc) is 3.23. The first-order valence-corrected chi connectivity index (χ1v) is 21.3. The van der Waals surface area contributed by atoms with Crippen LogP contribution in [0.1, 0.15) is 80.7 Å². The van der Waals surface area contributed by atoms with Crippen molar-refractivity contribution in [2.24, 2.45) is 10.7 Å². The minimum atomic E-state index is -1.41. The number of ether oxygens (including phenoxy) is 2. The highest BCUT2D eigenvalue weighted by Gasteiger charge is 2.33. The van der Waals surface area contributed by atoms with Crippen LogP contribution >= 0.6 is 0 Å². The number of carbonyl (C=O) groups is 6. The zero-order valence-corrected chi connectivity index (χ0v) is 37.8. The molecule has 3 aromatic rings. The quantitative estimate of drug-likeness (QED) is 0.0205. The van der Waals surface area contributed by atoms with Gasteiger partial charge < -0.3 is 52.0 Å². The van der Waals surface area contributed by atoms with Crippen LogP contribution in [0.3, 0.4) is 0 Å². The fourth-order valence-electron chi connectivity index (χ4n) is 6.62. The number of carboxylic acid groups (broad SMARTS) is 1. The third-order valence-electron chi connectivity index (χ3n) is 9.80. The number of amides is 5. The van der Waals surface area contributed by atoms with Gasteiger partial charge in [-0.1, -0.05) is 66.1 Å². The van der Waals surface area contributed by atoms with Crippen LogP contribution in [-0.4, -0.2) is 99.9 Å². The Bertz CT molecular complexity index is 2130. The SMILES string of the molecule is Cc1cc(O)cc(C)c1C[C@H](NC(=O)OC(C)(C)C)C(=O)N[C@H](CCCN=C(N)N[N+](=O)[O-])C(=O)N[C@@H](Cc1ccccc1)C(=O)N[C@@H](CCCCNC(=O)OCc1ccccc1)C(=O)O. The third-order valence-corrected chi connectivity index (χ3v) is 9.80. The summed E-state index contributed by atoms with van der Waals surface area (Å²) < 4.78 is 10.6. The van der Waals surface area contributed by atoms with E-state index in [0.717, 1.165) is 5.56 Å². The molecule has 0 bridgehead atoms. The van der Waals surface area contributed by atoms with Crippen molar-refractivity contribution in [2.75, 3.05) is 13.1 Å². The number of aliphatic imine (C=N–C) groups is 1. The number of aliphatic carboxylic acids is 1. The monoisotopic (exact) mass is 919 g/mol. The Hall–Kier alpha value is -7.45. The third kappa shape index (κ3) is 19.9. The number of hydrazine groups is 1. The first kappa shape index (κ1) is 52.9. The molecular formula is C45H61N9O12. The van der Waals surface area contributed by atoms with Gasteiger partial charge in [-0.15, -0.1) is 0 Å². The molecule has 0 saturated carbocycles. The highest BCUT2D eigenvalue weighted by Crippen LogP contribution is 2.23. The number of guanidine groups is 1. The number of hydrogen-bond donors (Lipinski definition) is 9. The summed E-state index contributed by atoms with van der Waals surface area (Å²) in [5, 5.41) is 43.2. The maximum atomic E-state index is 14.3. The first-order chi connectivity index (χ1) is 31.2. The summed E-state index contributed by atoms with van der Waals surface area (Å²) >= 11 is 0. The molecule has 0 spiro atoms. The molecule has 0 aliphatic rings. The van der Waals surface area contributed by atoms with Crippen molar-refractivity contribution in [3.8, 4) is 5.75 Å². The van der Waals surface area contributed by atoms with Gasteiger partial charge in [0.1, 0.15) is 42.1 Å². The van der Waals surface area contributed by atoms with Gasteiger partial charge in [0.2, 0.25) is 17.7 Å². The molecule has 5 amide bonds. The Morgan fingerprint density at radius 1 is 0.742 bits per heavy atom. The van der Waals surface area contributed by atoms with Crippen molar-refractivity contribution in [1.29, 1.82) is 0 Å². The number of unbranched alkanes of at least 4 members (excludes halogenated alkanes) is 1. The number of nitro groups is 1. The number of alkyl carbamates (subject to hydrolysis) is 2. The topological polar surface area (TPSA) is 315 Å². The van der Waals surface area contributed by atoms with E-state index in [1.54, 1.807) is 70.4 Å². The average molecular weight is 920 g/mol. The van der Waals surface area contributed by atoms with Gasteiger partial charge in [0, 0.05) is 25.9 Å². The molecule has 66 heavy (non-hydrogen) atoms. The van der Waals surface area contributed by atoms with E-state index in [9.17, 15) is 49.1 Å². The van der Waals surface area contributed by atoms with Gasteiger partial charge in [0.05, 0.1) is 0 Å². The lowest BCUT2D eigenvalue weighted by molar-refractivity contribution is -0.525. The molecule has 21 heteroatoms. The van der Waals surface area contributed by atoms with Gasteiger partial charge in [-0.2, -0.15) is 0 Å². The number of rotatable bonds is 24. The number of carboxylic acids is 1. The van der Waals surface area contributed by atoms with E-state index < -0.39 is 76.6 Å². The van der Waals surface area contributed by atoms with Crippen LogP contribution in [0.15, 0.2) is 77.8 Å². The van der Waals surface area contributed by atoms with E-state index in [0.29, 0.717) is 28.7 Å². The van der Waals surface area contributed by atoms with Crippen LogP contribution in [0.2, 0.25) is 0 Å². The van der Waals surface area contributed by atoms with Crippen LogP contribution < -0.4 is 37.7 Å². The number of benzene rings is 3. The van der Waals surface area contributed by atoms with Crippen LogP contribution in [0.4, 0.5) is 9.59 Å². The van der Waals surface area contributed by atoms with Crippen molar-refractivity contribution in [3.63, 3.8) is 0 Å². The summed E-state index contributed by atoms with van der Waals surface area (Å²) in [6.07, 6.45) is -1.23. The zero-order valence-electron chi connectivity index (χ0n) is 37.8. The zero-order chi connectivity index (χ0) is 48.8. The fraction of sp³-hybridized carbons (Fsp3) is 0.444. The number of phenolic OH excluding ortho intramolecular Hbond substituents is 1. The maximum Gasteiger partial charge on any atom is 0.408 e. The van der Waals surface area contributed by atoms with E-state index in [1.807, 2.05) is 30.3 Å². The van der Waals surface area contributed by atoms with Crippen molar-refractivity contribution in [3.05, 3.63) is 111 Å². The van der Waals surface area contributed by atoms with Crippen molar-refractivity contribution in [1.82, 2.24) is 32.0 Å². The van der Waals surface area contributed by atoms with E-state index in [1.165, 1.54) is 12.1 Å². The predicted molar refractivity (Wildman–Crippen MR) is 242 cm³/mol. The molecule has 0 saturated heterocycles. The molecule has 0 radical (unpaired) electrons. The molecule has 3 rings (SSSR count). The lowest BCUT2D eigenvalue weighted by Gasteiger charge is -2.27. The van der Waals surface area contributed by atoms with Gasteiger partial charge in [0.25, 0.3) is 5.96 Å². The molecule has 0 heterocycles. The molecule has 0 aromatic heterocycles. The Balaban J connectivity index is 1.83. The van der Waals surface area contributed by atoms with Crippen molar-refractivity contribution < 1.29 is 53.5 Å². The van der Waals surface area contributed by atoms with Gasteiger partial charge in [-0.3, -0.25) is 14.4 Å². The largest absolute Gasteiger partial charge is 0.508 e. The Kier molecular flexibility index (Phi) is 21.1. The molecule has 21 nitrogen and oxygen atoms in total. The number of hydrogen-bond acceptors (Lipinski definition) is 12. The Morgan fingerprint density at radius 2 is 1.27 bits per heavy atom. The van der Waals surface area contributed by atoms with E-state index in [2.05, 4.69) is 31.6 Å².